The molecule has 108 heavy (non-hydrogen) atoms. The summed E-state index contributed by atoms with van der Waals surface area (Å²) in [5.41, 5.74) is 5.10. The first-order valence-electron chi connectivity index (χ1n) is 37.1. The first-order valence-corrected chi connectivity index (χ1v) is 38.0. The van der Waals surface area contributed by atoms with Crippen molar-refractivity contribution >= 4 is 103 Å². The fraction of sp³-hybridized carbons (Fsp3) is 0.512. The molecule has 6 aliphatic rings. The molecule has 582 valence electrons. The lowest BCUT2D eigenvalue weighted by molar-refractivity contribution is -0.160. The number of methoxy groups -OCH3 is 1. The summed E-state index contributed by atoms with van der Waals surface area (Å²) in [4.78, 5) is 147. The van der Waals surface area contributed by atoms with Crippen LogP contribution >= 0.6 is 11.3 Å². The van der Waals surface area contributed by atoms with Crippen LogP contribution in [0.3, 0.4) is 0 Å². The highest BCUT2D eigenvalue weighted by atomic mass is 32.1. The molecule has 3 aromatic carbocycles. The minimum Gasteiger partial charge on any atom is -0.507 e. The number of nitrogens with zero attached hydrogens (tertiary/aromatic N) is 4. The van der Waals surface area contributed by atoms with E-state index in [1.54, 1.807) is 97.0 Å². The Bertz CT molecular complexity index is 4350. The van der Waals surface area contributed by atoms with Gasteiger partial charge in [-0.3, -0.25) is 53.0 Å². The van der Waals surface area contributed by atoms with E-state index < -0.39 is 124 Å². The largest absolute Gasteiger partial charge is 0.507 e. The average molecular weight is 1510 g/mol. The van der Waals surface area contributed by atoms with Crippen LogP contribution in [0.5, 0.6) is 17.2 Å². The number of anilines is 3. The number of aromatic hydroxyl groups is 1. The van der Waals surface area contributed by atoms with Crippen molar-refractivity contribution in [1.29, 1.82) is 0 Å². The summed E-state index contributed by atoms with van der Waals surface area (Å²) in [5, 5.41) is 49.5. The van der Waals surface area contributed by atoms with Crippen LogP contribution in [-0.4, -0.2) is 178 Å². The van der Waals surface area contributed by atoms with Crippen molar-refractivity contribution in [3.63, 3.8) is 0 Å². The van der Waals surface area contributed by atoms with E-state index in [1.807, 2.05) is 19.1 Å². The number of allylic oxidation sites excluding steroid dienone is 2. The van der Waals surface area contributed by atoms with E-state index in [-0.39, 0.29) is 107 Å². The second-order valence-corrected chi connectivity index (χ2v) is 31.0. The molecule has 4 bridgehead atoms. The molecular formula is C80H104N10O17S. The number of imide groups is 1. The fourth-order valence-corrected chi connectivity index (χ4v) is 15.6. The number of primary amides is 1. The lowest BCUT2D eigenvalue weighted by Gasteiger charge is -2.38. The number of hydrogen-bond acceptors (Lipinski definition) is 21. The van der Waals surface area contributed by atoms with Gasteiger partial charge >= 0.3 is 12.0 Å². The number of hydrogen-bond donors (Lipinski definition) is 9. The number of fused-ring (bicyclic) bond motifs is 2. The Morgan fingerprint density at radius 2 is 1.55 bits per heavy atom. The van der Waals surface area contributed by atoms with Gasteiger partial charge in [0.2, 0.25) is 28.9 Å². The number of phenols is 1. The van der Waals surface area contributed by atoms with Crippen LogP contribution < -0.4 is 52.1 Å². The van der Waals surface area contributed by atoms with Gasteiger partial charge in [0.1, 0.15) is 53.2 Å². The number of ether oxygens (including phenoxy) is 4. The third-order valence-electron chi connectivity index (χ3n) is 20.8. The molecule has 11 atom stereocenters. The summed E-state index contributed by atoms with van der Waals surface area (Å²) >= 11 is 1.14. The number of amides is 8. The first-order chi connectivity index (χ1) is 51.2. The number of unbranched alkanes of at least 4 members (excludes halogenated alkanes) is 2. The predicted octanol–water partition coefficient (Wildman–Crippen LogP) is 8.73. The topological polar surface area (TPSA) is 377 Å². The number of nitrogens with one attached hydrogen (secondary N) is 5. The number of aromatic nitrogens is 1. The molecular weight excluding hydrogens is 1400 g/mol. The van der Waals surface area contributed by atoms with Crippen molar-refractivity contribution in [2.24, 2.45) is 41.2 Å². The number of carbonyl (C=O) groups excluding carboxylic acids is 9. The summed E-state index contributed by atoms with van der Waals surface area (Å²) in [6, 6.07) is 7.76. The highest BCUT2D eigenvalue weighted by molar-refractivity contribution is 7.22. The zero-order valence-electron chi connectivity index (χ0n) is 63.9. The van der Waals surface area contributed by atoms with E-state index in [2.05, 4.69) is 50.2 Å². The molecule has 8 amide bonds. The number of piperazine rings is 1. The van der Waals surface area contributed by atoms with Gasteiger partial charge in [0.05, 0.1) is 44.5 Å². The monoisotopic (exact) mass is 1510 g/mol. The second-order valence-electron chi connectivity index (χ2n) is 29.9. The molecule has 28 heteroatoms. The number of ketones is 1. The lowest BCUT2D eigenvalue weighted by atomic mass is 9.78. The predicted molar refractivity (Wildman–Crippen MR) is 413 cm³/mol. The van der Waals surface area contributed by atoms with Gasteiger partial charge in [-0.05, 0) is 82.1 Å². The molecule has 0 saturated carbocycles. The van der Waals surface area contributed by atoms with Gasteiger partial charge in [0, 0.05) is 142 Å². The van der Waals surface area contributed by atoms with Crippen molar-refractivity contribution in [2.75, 3.05) is 68.5 Å². The van der Waals surface area contributed by atoms with Crippen LogP contribution in [0.2, 0.25) is 0 Å². The van der Waals surface area contributed by atoms with Crippen molar-refractivity contribution in [1.82, 2.24) is 30.7 Å². The maximum atomic E-state index is 15.6. The second kappa shape index (κ2) is 36.1. The number of rotatable bonds is 24. The molecule has 3 aromatic rings. The zero-order chi connectivity index (χ0) is 78.7. The number of urea groups is 1. The van der Waals surface area contributed by atoms with Crippen molar-refractivity contribution < 1.29 is 77.4 Å². The maximum absolute atomic E-state index is 15.6. The van der Waals surface area contributed by atoms with E-state index in [0.717, 1.165) is 41.6 Å². The van der Waals surface area contributed by atoms with Crippen LogP contribution in [0.4, 0.5) is 21.9 Å². The number of Topliss-reactive ketones (excluding diaryl/α,β-unsaturated/α-hetero) is 1. The molecule has 27 nitrogen and oxygen atoms in total. The molecule has 1 aliphatic carbocycles. The highest BCUT2D eigenvalue weighted by Crippen LogP contribution is 2.53. The summed E-state index contributed by atoms with van der Waals surface area (Å²) in [5.74, 6) is -6.84. The van der Waals surface area contributed by atoms with Crippen molar-refractivity contribution in [3.05, 3.63) is 111 Å². The van der Waals surface area contributed by atoms with Crippen molar-refractivity contribution in [2.45, 2.75) is 177 Å². The highest BCUT2D eigenvalue weighted by Gasteiger charge is 2.48. The van der Waals surface area contributed by atoms with Gasteiger partial charge in [-0.15, -0.1) is 11.3 Å². The minimum absolute atomic E-state index is 0.00973. The van der Waals surface area contributed by atoms with E-state index in [9.17, 15) is 53.7 Å². The molecule has 1 fully saturated rings. The third-order valence-corrected chi connectivity index (χ3v) is 21.9. The summed E-state index contributed by atoms with van der Waals surface area (Å²) in [7, 11) is 1.49. The number of nitrogens with two attached hydrogens (primary N) is 1. The molecule has 0 aromatic heterocycles. The number of aliphatic hydroxyl groups is 2. The van der Waals surface area contributed by atoms with Gasteiger partial charge in [-0.1, -0.05) is 104 Å². The fourth-order valence-electron chi connectivity index (χ4n) is 14.5. The molecule has 5 aliphatic heterocycles. The molecule has 9 rings (SSSR count). The smallest absolute Gasteiger partial charge is 0.312 e. The Morgan fingerprint density at radius 3 is 2.19 bits per heavy atom. The molecule has 10 N–H and O–H groups in total. The molecule has 5 heterocycles. The summed E-state index contributed by atoms with van der Waals surface area (Å²) in [6.45, 7) is 24.9. The van der Waals surface area contributed by atoms with Crippen LogP contribution in [0.1, 0.15) is 143 Å². The summed E-state index contributed by atoms with van der Waals surface area (Å²) in [6.07, 6.45) is 8.58. The van der Waals surface area contributed by atoms with Gasteiger partial charge in [-0.2, -0.15) is 0 Å². The Morgan fingerprint density at radius 1 is 0.852 bits per heavy atom. The molecule has 0 radical (unpaired) electrons. The Balaban J connectivity index is 1.07. The quantitative estimate of drug-likeness (QED) is 0.00696. The van der Waals surface area contributed by atoms with Crippen LogP contribution in [-0.2, 0) is 49.6 Å². The van der Waals surface area contributed by atoms with Gasteiger partial charge in [0.25, 0.3) is 17.7 Å². The van der Waals surface area contributed by atoms with E-state index >= 15 is 9.59 Å². The zero-order valence-corrected chi connectivity index (χ0v) is 64.7. The Labute approximate surface area is 633 Å². The maximum Gasteiger partial charge on any atom is 0.312 e. The minimum atomic E-state index is -1.65. The lowest BCUT2D eigenvalue weighted by Crippen LogP contribution is -2.54. The average Bonchev–Trinajstić information content (AvgIpc) is 1.23. The van der Waals surface area contributed by atoms with E-state index in [4.69, 9.17) is 29.7 Å². The third kappa shape index (κ3) is 19.3. The summed E-state index contributed by atoms with van der Waals surface area (Å²) < 4.78 is 26.0. The van der Waals surface area contributed by atoms with Gasteiger partial charge in [-0.25, -0.2) is 9.78 Å². The SMILES string of the molecule is CO[C@H]1/C=C/C[C@@]2(C)Oc3c(C)c(O)c4c(=O)c(c5sc6cc(N7CCN(CC(C)C)CC7)cc(OCc7ccc(NC(=O)[C@H](CCCNC(N)=O)NC(=O)[C@@H](NC(=O)CCCCCN8C(=O)C=CC8=O)C(C)C)cc7)c6nc-5c4c3C2=O)NC(=O)/C(C)=C\C=C\[C@H](C)[C@H](O)[C@@H](C)[C@@H](O)[C@@H](C)[C@H](OC(C)=O)[C@@H]1C. The van der Waals surface area contributed by atoms with Crippen LogP contribution in [0, 0.1) is 42.4 Å². The number of benzene rings is 4. The van der Waals surface area contributed by atoms with E-state index in [0.29, 0.717) is 65.5 Å². The molecule has 1 saturated heterocycles. The van der Waals surface area contributed by atoms with E-state index in [1.165, 1.54) is 39.2 Å². The van der Waals surface area contributed by atoms with Crippen LogP contribution in [0.25, 0.3) is 31.6 Å². The number of phenolic OH excluding ortho intramolecular Hbond substituents is 1. The number of esters is 1. The standard InChI is InChI=1S/C80H104N10O17S/c1-42(2)40-88-34-36-89(37-35-88)53-38-56(105-41-51-25-27-52(28-26-51)83-77(101)54(22-19-32-82-79(81)103)84-78(102)64(43(3)4)85-58(92)24-15-14-16-33-90-59(93)29-30-60(90)94)65-57(39-53)108-74-66(86-65)61-62-70(97)49(10)73-63(61)75(99)80(12,107-73)31-18-23-55(104-13)46(7)72(106-50(11)91)48(9)69(96)47(8)68(95)44(5)20-17-21-45(6)76(100)87-67(74)71(62)98/h17-18,20-21,23,25-30,38-39,42-44,46-48,54-55,64,68-69,72,95-97H,14-16,19,22,24,31-37,40-41H2,1-13H3,(H,83,101)(H,84,102)(H,85,92)(H,87,100)(H3,81,82,103)/b20-17+,23-18+,45-21-/t44-,46+,47+,48+,54-,55-,64-,68-,69+,72+,80+/m0/s1. The Kier molecular flexibility index (Phi) is 27.5. The number of aliphatic hydroxyl groups excluding tert-OH is 2. The molecule has 0 unspecified atom stereocenters. The van der Waals surface area contributed by atoms with Gasteiger partial charge < -0.3 is 71.5 Å². The van der Waals surface area contributed by atoms with Crippen LogP contribution in [0.15, 0.2) is 89.3 Å². The van der Waals surface area contributed by atoms with Crippen molar-refractivity contribution in [3.8, 4) is 27.8 Å². The number of carbonyl (C=O) groups is 9. The normalized spacial score (nSPS) is 24.0. The van der Waals surface area contributed by atoms with Gasteiger partial charge in [0.15, 0.2) is 5.60 Å². The Hall–Kier alpha value is -9.61. The first kappa shape index (κ1) is 82.4. The molecule has 0 spiro atoms.